The van der Waals surface area contributed by atoms with Crippen molar-refractivity contribution in [2.45, 2.75) is 13.5 Å². The summed E-state index contributed by atoms with van der Waals surface area (Å²) in [7, 11) is 0. The number of carboxylic acids is 1. The molecule has 2 heterocycles. The molecule has 0 fully saturated rings. The van der Waals surface area contributed by atoms with Gasteiger partial charge in [-0.2, -0.15) is 0 Å². The van der Waals surface area contributed by atoms with E-state index in [9.17, 15) is 9.90 Å². The number of nitrogens with zero attached hydrogens (tertiary/aromatic N) is 2. The molecule has 2 aromatic heterocycles. The van der Waals surface area contributed by atoms with E-state index in [4.69, 9.17) is 4.42 Å². The molecule has 1 aromatic carbocycles. The molecule has 3 aromatic rings. The molecule has 106 valence electrons. The Morgan fingerprint density at radius 2 is 2.05 bits per heavy atom. The number of hydrogen-bond donors (Lipinski definition) is 2. The molecule has 0 aliphatic carbocycles. The van der Waals surface area contributed by atoms with Gasteiger partial charge in [0.1, 0.15) is 11.5 Å². The molecule has 0 saturated heterocycles. The molecular weight excluding hydrogens is 270 g/mol. The maximum Gasteiger partial charge on any atom is 0.358 e. The Balaban J connectivity index is 2.01. The topological polar surface area (TPSA) is 88.2 Å². The van der Waals surface area contributed by atoms with Gasteiger partial charge < -0.3 is 14.8 Å². The number of furan rings is 1. The second-order valence-corrected chi connectivity index (χ2v) is 4.61. The lowest BCUT2D eigenvalue weighted by Gasteiger charge is -2.10. The van der Waals surface area contributed by atoms with Gasteiger partial charge in [-0.05, 0) is 25.1 Å². The molecule has 0 aliphatic heterocycles. The highest BCUT2D eigenvalue weighted by Gasteiger charge is 2.16. The van der Waals surface area contributed by atoms with Crippen LogP contribution in [0, 0.1) is 6.92 Å². The van der Waals surface area contributed by atoms with Gasteiger partial charge in [-0.15, -0.1) is 10.2 Å². The summed E-state index contributed by atoms with van der Waals surface area (Å²) in [6.07, 6.45) is 0. The van der Waals surface area contributed by atoms with Crippen LogP contribution < -0.4 is 5.32 Å². The number of nitrogens with one attached hydrogen (secondary N) is 1. The van der Waals surface area contributed by atoms with Gasteiger partial charge in [0, 0.05) is 5.39 Å². The van der Waals surface area contributed by atoms with Crippen molar-refractivity contribution in [2.24, 2.45) is 0 Å². The van der Waals surface area contributed by atoms with Gasteiger partial charge in [-0.1, -0.05) is 18.2 Å². The summed E-state index contributed by atoms with van der Waals surface area (Å²) < 4.78 is 5.47. The minimum absolute atomic E-state index is 0.100. The van der Waals surface area contributed by atoms with Crippen LogP contribution in [0.3, 0.4) is 0 Å². The smallest absolute Gasteiger partial charge is 0.358 e. The van der Waals surface area contributed by atoms with E-state index in [1.165, 1.54) is 0 Å². The molecule has 0 unspecified atom stereocenters. The van der Waals surface area contributed by atoms with Crippen molar-refractivity contribution in [3.63, 3.8) is 0 Å². The van der Waals surface area contributed by atoms with Crippen molar-refractivity contribution in [3.8, 4) is 0 Å². The highest BCUT2D eigenvalue weighted by molar-refractivity contribution is 6.02. The van der Waals surface area contributed by atoms with Gasteiger partial charge in [-0.25, -0.2) is 4.79 Å². The van der Waals surface area contributed by atoms with E-state index >= 15 is 0 Å². The first-order chi connectivity index (χ1) is 10.1. The summed E-state index contributed by atoms with van der Waals surface area (Å²) >= 11 is 0. The lowest BCUT2D eigenvalue weighted by atomic mass is 10.1. The number of aryl methyl sites for hydroxylation is 1. The fourth-order valence-corrected chi connectivity index (χ4v) is 2.14. The zero-order chi connectivity index (χ0) is 14.8. The molecule has 3 rings (SSSR count). The predicted octanol–water partition coefficient (Wildman–Crippen LogP) is 2.84. The van der Waals surface area contributed by atoms with E-state index in [0.29, 0.717) is 23.1 Å². The van der Waals surface area contributed by atoms with Crippen LogP contribution >= 0.6 is 0 Å². The monoisotopic (exact) mass is 283 g/mol. The van der Waals surface area contributed by atoms with Crippen LogP contribution in [-0.2, 0) is 6.54 Å². The Hall–Kier alpha value is -2.89. The molecule has 0 bridgehead atoms. The third-order valence-electron chi connectivity index (χ3n) is 3.11. The third-order valence-corrected chi connectivity index (χ3v) is 3.11. The molecule has 0 radical (unpaired) electrons. The Labute approximate surface area is 120 Å². The summed E-state index contributed by atoms with van der Waals surface area (Å²) in [6.45, 7) is 2.24. The quantitative estimate of drug-likeness (QED) is 0.765. The first-order valence-electron chi connectivity index (χ1n) is 6.43. The first kappa shape index (κ1) is 13.1. The van der Waals surface area contributed by atoms with E-state index in [1.807, 2.05) is 37.3 Å². The van der Waals surface area contributed by atoms with Crippen LogP contribution in [0.1, 0.15) is 22.0 Å². The van der Waals surface area contributed by atoms with Crippen molar-refractivity contribution in [1.29, 1.82) is 0 Å². The summed E-state index contributed by atoms with van der Waals surface area (Å²) in [4.78, 5) is 11.3. The van der Waals surface area contributed by atoms with Crippen LogP contribution in [0.25, 0.3) is 10.9 Å². The summed E-state index contributed by atoms with van der Waals surface area (Å²) in [6, 6.07) is 11.0. The number of benzene rings is 1. The lowest BCUT2D eigenvalue weighted by Crippen LogP contribution is -2.10. The van der Waals surface area contributed by atoms with Crippen LogP contribution in [0.4, 0.5) is 5.69 Å². The standard InChI is InChI=1S/C15H13N3O3/c1-9-6-7-10(21-9)8-16-13-11-4-2-3-5-12(11)17-18-14(13)15(19)20/h2-7H,8H2,1H3,(H,16,17)(H,19,20). The van der Waals surface area contributed by atoms with Gasteiger partial charge in [-0.3, -0.25) is 0 Å². The second-order valence-electron chi connectivity index (χ2n) is 4.61. The number of fused-ring (bicyclic) bond motifs is 1. The number of carbonyl (C=O) groups is 1. The molecule has 0 saturated carbocycles. The van der Waals surface area contributed by atoms with Crippen LogP contribution in [0.15, 0.2) is 40.8 Å². The number of hydrogen-bond acceptors (Lipinski definition) is 5. The summed E-state index contributed by atoms with van der Waals surface area (Å²) in [5, 5.41) is 20.8. The maximum atomic E-state index is 11.3. The number of rotatable bonds is 4. The Bertz CT molecular complexity index is 811. The summed E-state index contributed by atoms with van der Waals surface area (Å²) in [5.41, 5.74) is 0.986. The van der Waals surface area contributed by atoms with E-state index in [1.54, 1.807) is 6.07 Å². The molecular formula is C15H13N3O3. The average Bonchev–Trinajstić information content (AvgIpc) is 2.90. The highest BCUT2D eigenvalue weighted by atomic mass is 16.4. The average molecular weight is 283 g/mol. The summed E-state index contributed by atoms with van der Waals surface area (Å²) in [5.74, 6) is 0.416. The van der Waals surface area contributed by atoms with Crippen molar-refractivity contribution in [2.75, 3.05) is 5.32 Å². The molecule has 6 heteroatoms. The van der Waals surface area contributed by atoms with Gasteiger partial charge in [0.15, 0.2) is 5.69 Å². The second kappa shape index (κ2) is 5.24. The minimum Gasteiger partial charge on any atom is -0.476 e. The van der Waals surface area contributed by atoms with Gasteiger partial charge in [0.2, 0.25) is 0 Å². The molecule has 6 nitrogen and oxygen atoms in total. The Kier molecular flexibility index (Phi) is 3.27. The lowest BCUT2D eigenvalue weighted by molar-refractivity contribution is 0.0690. The zero-order valence-electron chi connectivity index (χ0n) is 11.3. The van der Waals surface area contributed by atoms with Crippen LogP contribution in [-0.4, -0.2) is 21.3 Å². The number of aromatic carboxylic acids is 1. The Morgan fingerprint density at radius 1 is 1.24 bits per heavy atom. The third kappa shape index (κ3) is 2.55. The van der Waals surface area contributed by atoms with Crippen molar-refractivity contribution in [3.05, 3.63) is 53.6 Å². The SMILES string of the molecule is Cc1ccc(CNc2c(C(=O)O)nnc3ccccc23)o1. The Morgan fingerprint density at radius 3 is 2.76 bits per heavy atom. The van der Waals surface area contributed by atoms with Gasteiger partial charge >= 0.3 is 5.97 Å². The van der Waals surface area contributed by atoms with Gasteiger partial charge in [0.05, 0.1) is 17.7 Å². The minimum atomic E-state index is -1.12. The van der Waals surface area contributed by atoms with Crippen LogP contribution in [0.2, 0.25) is 0 Å². The van der Waals surface area contributed by atoms with E-state index in [0.717, 1.165) is 11.5 Å². The molecule has 2 N–H and O–H groups in total. The first-order valence-corrected chi connectivity index (χ1v) is 6.43. The molecule has 21 heavy (non-hydrogen) atoms. The van der Waals surface area contributed by atoms with E-state index in [-0.39, 0.29) is 5.69 Å². The predicted molar refractivity (Wildman–Crippen MR) is 77.3 cm³/mol. The van der Waals surface area contributed by atoms with Crippen molar-refractivity contribution in [1.82, 2.24) is 10.2 Å². The number of carboxylic acid groups (broad SMARTS) is 1. The fraction of sp³-hybridized carbons (Fsp3) is 0.133. The molecule has 0 atom stereocenters. The number of aromatic nitrogens is 2. The van der Waals surface area contributed by atoms with Gasteiger partial charge in [0.25, 0.3) is 0 Å². The van der Waals surface area contributed by atoms with Crippen molar-refractivity contribution >= 4 is 22.6 Å². The molecule has 0 amide bonds. The maximum absolute atomic E-state index is 11.3. The van der Waals surface area contributed by atoms with E-state index in [2.05, 4.69) is 15.5 Å². The largest absolute Gasteiger partial charge is 0.476 e. The fourth-order valence-electron chi connectivity index (χ4n) is 2.14. The highest BCUT2D eigenvalue weighted by Crippen LogP contribution is 2.25. The molecule has 0 aliphatic rings. The number of anilines is 1. The van der Waals surface area contributed by atoms with Crippen molar-refractivity contribution < 1.29 is 14.3 Å². The van der Waals surface area contributed by atoms with Crippen LogP contribution in [0.5, 0.6) is 0 Å². The normalized spacial score (nSPS) is 10.7. The zero-order valence-corrected chi connectivity index (χ0v) is 11.3. The van der Waals surface area contributed by atoms with E-state index < -0.39 is 5.97 Å². The molecule has 0 spiro atoms.